The number of nitrogens with zero attached hydrogens (tertiary/aromatic N) is 1. The molecular weight excluding hydrogens is 344 g/mol. The minimum atomic E-state index is -0.523. The number of carbonyl (C=O) groups is 3. The van der Waals surface area contributed by atoms with Crippen LogP contribution in [0.5, 0.6) is 0 Å². The predicted octanol–water partition coefficient (Wildman–Crippen LogP) is 3.24. The molecule has 0 radical (unpaired) electrons. The van der Waals surface area contributed by atoms with E-state index in [-0.39, 0.29) is 24.7 Å². The molecule has 0 bridgehead atoms. The summed E-state index contributed by atoms with van der Waals surface area (Å²) in [6, 6.07) is 8.67. The highest BCUT2D eigenvalue weighted by Crippen LogP contribution is 2.22. The Balaban J connectivity index is 1.54. The molecule has 1 aromatic rings. The molecule has 6 nitrogen and oxygen atoms in total. The maximum Gasteiger partial charge on any atom is 0.333 e. The molecule has 0 saturated carbocycles. The average molecular weight is 374 g/mol. The summed E-state index contributed by atoms with van der Waals surface area (Å²) < 4.78 is 0. The van der Waals surface area contributed by atoms with Crippen LogP contribution < -0.4 is 5.32 Å². The Hall–Kier alpha value is -2.21. The Bertz CT molecular complexity index is 646. The van der Waals surface area contributed by atoms with Crippen molar-refractivity contribution in [3.63, 3.8) is 0 Å². The normalized spacial score (nSPS) is 14.7. The zero-order valence-corrected chi connectivity index (χ0v) is 16.5. The third-order valence-electron chi connectivity index (χ3n) is 4.58. The molecule has 1 heterocycles. The number of benzene rings is 1. The monoisotopic (exact) mass is 374 g/mol. The number of unbranched alkanes of at least 4 members (excludes halogenated alkanes) is 2. The van der Waals surface area contributed by atoms with Gasteiger partial charge < -0.3 is 10.2 Å². The Morgan fingerprint density at radius 3 is 2.26 bits per heavy atom. The molecule has 27 heavy (non-hydrogen) atoms. The van der Waals surface area contributed by atoms with Crippen LogP contribution in [0.2, 0.25) is 0 Å². The predicted molar refractivity (Wildman–Crippen MR) is 102 cm³/mol. The molecule has 6 heteroatoms. The standard InChI is InChI=1S/C21H30N2O4/c1-21(2,3)17-10-8-16(9-11-17)15-22-14-6-4-5-7-20(26)27-23-18(24)12-13-19(23)25/h8-11,22H,4-7,12-15H2,1-3H3. The van der Waals surface area contributed by atoms with Crippen LogP contribution >= 0.6 is 0 Å². The lowest BCUT2D eigenvalue weighted by molar-refractivity contribution is -0.197. The van der Waals surface area contributed by atoms with Crippen molar-refractivity contribution in [1.82, 2.24) is 10.4 Å². The third kappa shape index (κ3) is 6.79. The Kier molecular flexibility index (Phi) is 7.54. The lowest BCUT2D eigenvalue weighted by Crippen LogP contribution is -2.31. The molecular formula is C21H30N2O4. The largest absolute Gasteiger partial charge is 0.333 e. The van der Waals surface area contributed by atoms with Crippen LogP contribution in [0.15, 0.2) is 24.3 Å². The van der Waals surface area contributed by atoms with Crippen molar-refractivity contribution in [2.45, 2.75) is 71.3 Å². The highest BCUT2D eigenvalue weighted by Gasteiger charge is 2.32. The highest BCUT2D eigenvalue weighted by molar-refractivity contribution is 6.01. The summed E-state index contributed by atoms with van der Waals surface area (Å²) in [7, 11) is 0. The van der Waals surface area contributed by atoms with Gasteiger partial charge in [-0.25, -0.2) is 4.79 Å². The van der Waals surface area contributed by atoms with Gasteiger partial charge in [-0.3, -0.25) is 9.59 Å². The van der Waals surface area contributed by atoms with E-state index in [1.807, 2.05) is 0 Å². The maximum absolute atomic E-state index is 11.7. The first-order valence-corrected chi connectivity index (χ1v) is 9.64. The number of rotatable bonds is 9. The van der Waals surface area contributed by atoms with E-state index in [2.05, 4.69) is 50.4 Å². The van der Waals surface area contributed by atoms with Gasteiger partial charge in [0.25, 0.3) is 11.8 Å². The highest BCUT2D eigenvalue weighted by atomic mass is 16.7. The molecule has 2 amide bonds. The van der Waals surface area contributed by atoms with Gasteiger partial charge in [0.2, 0.25) is 0 Å². The topological polar surface area (TPSA) is 75.7 Å². The van der Waals surface area contributed by atoms with E-state index in [1.54, 1.807) is 0 Å². The van der Waals surface area contributed by atoms with Gasteiger partial charge >= 0.3 is 5.97 Å². The number of hydrogen-bond acceptors (Lipinski definition) is 5. The molecule has 0 aromatic heterocycles. The molecule has 1 saturated heterocycles. The van der Waals surface area contributed by atoms with Gasteiger partial charge in [-0.1, -0.05) is 51.5 Å². The van der Waals surface area contributed by atoms with E-state index in [1.165, 1.54) is 11.1 Å². The number of hydrogen-bond donors (Lipinski definition) is 1. The molecule has 0 unspecified atom stereocenters. The molecule has 1 aromatic carbocycles. The first-order chi connectivity index (χ1) is 12.8. The Labute approximate surface area is 161 Å². The van der Waals surface area contributed by atoms with Crippen molar-refractivity contribution in [3.8, 4) is 0 Å². The number of nitrogens with one attached hydrogen (secondary N) is 1. The summed E-state index contributed by atoms with van der Waals surface area (Å²) in [5, 5.41) is 4.01. The van der Waals surface area contributed by atoms with Gasteiger partial charge in [0.05, 0.1) is 0 Å². The maximum atomic E-state index is 11.7. The van der Waals surface area contributed by atoms with Crippen molar-refractivity contribution in [1.29, 1.82) is 0 Å². The minimum Gasteiger partial charge on any atom is -0.330 e. The zero-order chi connectivity index (χ0) is 19.9. The van der Waals surface area contributed by atoms with Gasteiger partial charge in [0, 0.05) is 25.8 Å². The Morgan fingerprint density at radius 2 is 1.67 bits per heavy atom. The number of amides is 2. The summed E-state index contributed by atoms with van der Waals surface area (Å²) in [5.41, 5.74) is 2.75. The van der Waals surface area contributed by atoms with Crippen molar-refractivity contribution >= 4 is 17.8 Å². The summed E-state index contributed by atoms with van der Waals surface area (Å²) in [4.78, 5) is 39.3. The summed E-state index contributed by atoms with van der Waals surface area (Å²) in [6.45, 7) is 8.32. The minimum absolute atomic E-state index is 0.122. The van der Waals surface area contributed by atoms with E-state index in [9.17, 15) is 14.4 Å². The second-order valence-corrected chi connectivity index (χ2v) is 7.98. The van der Waals surface area contributed by atoms with Gasteiger partial charge in [-0.15, -0.1) is 5.06 Å². The van der Waals surface area contributed by atoms with Crippen molar-refractivity contribution < 1.29 is 19.2 Å². The van der Waals surface area contributed by atoms with E-state index < -0.39 is 17.8 Å². The molecule has 2 rings (SSSR count). The van der Waals surface area contributed by atoms with Gasteiger partial charge in [-0.05, 0) is 35.9 Å². The van der Waals surface area contributed by atoms with Crippen molar-refractivity contribution in [2.75, 3.05) is 6.54 Å². The Morgan fingerprint density at radius 1 is 1.04 bits per heavy atom. The number of imide groups is 1. The fourth-order valence-electron chi connectivity index (χ4n) is 2.86. The van der Waals surface area contributed by atoms with Crippen LogP contribution in [0, 0.1) is 0 Å². The van der Waals surface area contributed by atoms with Gasteiger partial charge in [0.1, 0.15) is 0 Å². The number of carbonyl (C=O) groups excluding carboxylic acids is 3. The van der Waals surface area contributed by atoms with Crippen molar-refractivity contribution in [2.24, 2.45) is 0 Å². The van der Waals surface area contributed by atoms with Crippen LogP contribution in [-0.4, -0.2) is 29.4 Å². The fourth-order valence-corrected chi connectivity index (χ4v) is 2.86. The van der Waals surface area contributed by atoms with Gasteiger partial charge in [-0.2, -0.15) is 0 Å². The zero-order valence-electron chi connectivity index (χ0n) is 16.5. The molecule has 148 valence electrons. The number of hydroxylamine groups is 2. The quantitative estimate of drug-likeness (QED) is 0.530. The van der Waals surface area contributed by atoms with Crippen LogP contribution in [0.1, 0.15) is 70.4 Å². The molecule has 1 N–H and O–H groups in total. The lowest BCUT2D eigenvalue weighted by atomic mass is 9.87. The van der Waals surface area contributed by atoms with Gasteiger partial charge in [0.15, 0.2) is 0 Å². The molecule has 0 atom stereocenters. The van der Waals surface area contributed by atoms with E-state index >= 15 is 0 Å². The van der Waals surface area contributed by atoms with Crippen LogP contribution in [0.25, 0.3) is 0 Å². The van der Waals surface area contributed by atoms with Crippen LogP contribution in [0.4, 0.5) is 0 Å². The van der Waals surface area contributed by atoms with Crippen molar-refractivity contribution in [3.05, 3.63) is 35.4 Å². The van der Waals surface area contributed by atoms with E-state index in [0.29, 0.717) is 11.5 Å². The van der Waals surface area contributed by atoms with E-state index in [4.69, 9.17) is 4.84 Å². The summed E-state index contributed by atoms with van der Waals surface area (Å²) in [5.74, 6) is -1.40. The second-order valence-electron chi connectivity index (χ2n) is 7.98. The summed E-state index contributed by atoms with van der Waals surface area (Å²) in [6.07, 6.45) is 2.97. The molecule has 1 aliphatic heterocycles. The van der Waals surface area contributed by atoms with E-state index in [0.717, 1.165) is 25.9 Å². The lowest BCUT2D eigenvalue weighted by Gasteiger charge is -2.19. The molecule has 1 fully saturated rings. The van der Waals surface area contributed by atoms with Crippen LogP contribution in [-0.2, 0) is 31.2 Å². The summed E-state index contributed by atoms with van der Waals surface area (Å²) >= 11 is 0. The third-order valence-corrected chi connectivity index (χ3v) is 4.58. The molecule has 1 aliphatic rings. The smallest absolute Gasteiger partial charge is 0.330 e. The molecule has 0 spiro atoms. The first kappa shape index (κ1) is 21.1. The SMILES string of the molecule is CC(C)(C)c1ccc(CNCCCCCC(=O)ON2C(=O)CCC2=O)cc1. The fraction of sp³-hybridized carbons (Fsp3) is 0.571. The molecule has 0 aliphatic carbocycles. The average Bonchev–Trinajstić information content (AvgIpc) is 2.92. The second kappa shape index (κ2) is 9.65. The first-order valence-electron chi connectivity index (χ1n) is 9.64. The van der Waals surface area contributed by atoms with Crippen LogP contribution in [0.3, 0.4) is 0 Å².